The van der Waals surface area contributed by atoms with Crippen molar-refractivity contribution < 1.29 is 4.74 Å². The average Bonchev–Trinajstić information content (AvgIpc) is 2.53. The van der Waals surface area contributed by atoms with E-state index in [1.165, 1.54) is 32.5 Å². The van der Waals surface area contributed by atoms with Gasteiger partial charge in [0.1, 0.15) is 11.5 Å². The van der Waals surface area contributed by atoms with Crippen LogP contribution >= 0.6 is 11.6 Å². The van der Waals surface area contributed by atoms with E-state index in [-0.39, 0.29) is 6.10 Å². The van der Waals surface area contributed by atoms with Crippen molar-refractivity contribution in [1.82, 2.24) is 19.8 Å². The molecule has 0 spiro atoms. The summed E-state index contributed by atoms with van der Waals surface area (Å²) in [5, 5.41) is 2.34. The van der Waals surface area contributed by atoms with Crippen LogP contribution in [0.4, 0.5) is 0 Å². The molecule has 0 amide bonds. The largest absolute Gasteiger partial charge is 0.374 e. The van der Waals surface area contributed by atoms with Gasteiger partial charge in [-0.1, -0.05) is 17.7 Å². The summed E-state index contributed by atoms with van der Waals surface area (Å²) in [7, 11) is 2.18. The molecule has 1 atom stereocenters. The second-order valence-corrected chi connectivity index (χ2v) is 6.34. The lowest BCUT2D eigenvalue weighted by molar-refractivity contribution is 0.0812. The number of aromatic nitrogens is 2. The average molecular weight is 323 g/mol. The lowest BCUT2D eigenvalue weighted by atomic mass is 10.1. The molecule has 5 nitrogen and oxygen atoms in total. The van der Waals surface area contributed by atoms with Crippen molar-refractivity contribution in [2.45, 2.75) is 18.9 Å². The van der Waals surface area contributed by atoms with Crippen LogP contribution in [0.3, 0.4) is 0 Å². The molecule has 0 saturated carbocycles. The zero-order valence-electron chi connectivity index (χ0n) is 13.0. The van der Waals surface area contributed by atoms with Crippen molar-refractivity contribution in [2.24, 2.45) is 0 Å². The second kappa shape index (κ2) is 7.51. The highest BCUT2D eigenvalue weighted by Crippen LogP contribution is 2.07. The topological polar surface area (TPSA) is 41.5 Å². The molecule has 3 rings (SSSR count). The minimum Gasteiger partial charge on any atom is -0.374 e. The molecule has 1 unspecified atom stereocenters. The zero-order chi connectivity index (χ0) is 15.4. The number of piperazine rings is 1. The monoisotopic (exact) mass is 322 g/mol. The highest BCUT2D eigenvalue weighted by Gasteiger charge is 2.14. The standard InChI is InChI=1S/C16H23ClN4O/c1-20-6-8-21(9-7-20)5-2-10-22-13-3-4-14-15(11-13)18-12-19-16(14)17/h4,11-13H,2-3,5-10H2,1H3. The van der Waals surface area contributed by atoms with E-state index in [1.807, 2.05) is 0 Å². The first-order chi connectivity index (χ1) is 10.7. The van der Waals surface area contributed by atoms with Crippen LogP contribution in [-0.4, -0.2) is 72.3 Å². The van der Waals surface area contributed by atoms with Gasteiger partial charge in [0.15, 0.2) is 0 Å². The molecule has 22 heavy (non-hydrogen) atoms. The molecule has 0 N–H and O–H groups in total. The third-order valence-electron chi connectivity index (χ3n) is 4.31. The van der Waals surface area contributed by atoms with Gasteiger partial charge < -0.3 is 14.5 Å². The van der Waals surface area contributed by atoms with Gasteiger partial charge in [0, 0.05) is 44.5 Å². The van der Waals surface area contributed by atoms with Crippen molar-refractivity contribution in [3.8, 4) is 0 Å². The Morgan fingerprint density at radius 3 is 2.91 bits per heavy atom. The maximum Gasteiger partial charge on any atom is 0.139 e. The molecule has 2 aliphatic rings. The summed E-state index contributed by atoms with van der Waals surface area (Å²) in [5.74, 6) is 0. The third-order valence-corrected chi connectivity index (χ3v) is 4.61. The molecule has 2 heterocycles. The van der Waals surface area contributed by atoms with Gasteiger partial charge in [0.2, 0.25) is 0 Å². The number of fused-ring (bicyclic) bond motifs is 1. The van der Waals surface area contributed by atoms with Crippen molar-refractivity contribution in [3.63, 3.8) is 0 Å². The van der Waals surface area contributed by atoms with Crippen molar-refractivity contribution in [2.75, 3.05) is 46.4 Å². The van der Waals surface area contributed by atoms with E-state index in [1.54, 1.807) is 0 Å². The van der Waals surface area contributed by atoms with E-state index >= 15 is 0 Å². The Hall–Kier alpha value is -1.01. The lowest BCUT2D eigenvalue weighted by Gasteiger charge is -2.32. The Morgan fingerprint density at radius 2 is 2.09 bits per heavy atom. The van der Waals surface area contributed by atoms with E-state index < -0.39 is 0 Å². The first-order valence-electron chi connectivity index (χ1n) is 7.93. The number of hydrogen-bond donors (Lipinski definition) is 0. The van der Waals surface area contributed by atoms with Crippen molar-refractivity contribution in [3.05, 3.63) is 22.0 Å². The predicted octanol–water partition coefficient (Wildman–Crippen LogP) is 0.117. The number of hydrogen-bond acceptors (Lipinski definition) is 5. The van der Waals surface area contributed by atoms with Gasteiger partial charge >= 0.3 is 0 Å². The first-order valence-corrected chi connectivity index (χ1v) is 8.31. The van der Waals surface area contributed by atoms with Gasteiger partial charge in [-0.05, 0) is 26.0 Å². The van der Waals surface area contributed by atoms with Crippen LogP contribution in [0.25, 0.3) is 12.2 Å². The van der Waals surface area contributed by atoms with E-state index in [2.05, 4.69) is 39.0 Å². The molecule has 0 aromatic carbocycles. The van der Waals surface area contributed by atoms with E-state index in [9.17, 15) is 0 Å². The first kappa shape index (κ1) is 15.9. The minimum absolute atomic E-state index is 0.103. The van der Waals surface area contributed by atoms with Crippen LogP contribution in [0.1, 0.15) is 12.8 Å². The van der Waals surface area contributed by atoms with Gasteiger partial charge in [-0.15, -0.1) is 0 Å². The smallest absolute Gasteiger partial charge is 0.139 e. The zero-order valence-corrected chi connectivity index (χ0v) is 13.8. The van der Waals surface area contributed by atoms with Gasteiger partial charge in [0.05, 0.1) is 11.5 Å². The number of rotatable bonds is 5. The molecular weight excluding hydrogens is 300 g/mol. The van der Waals surface area contributed by atoms with E-state index in [0.29, 0.717) is 5.15 Å². The van der Waals surface area contributed by atoms with E-state index in [4.69, 9.17) is 16.3 Å². The third kappa shape index (κ3) is 4.04. The highest BCUT2D eigenvalue weighted by atomic mass is 35.5. The molecule has 1 aromatic rings. The molecule has 1 aromatic heterocycles. The molecule has 0 radical (unpaired) electrons. The molecule has 1 aliphatic heterocycles. The second-order valence-electron chi connectivity index (χ2n) is 5.98. The number of likely N-dealkylation sites (N-methyl/N-ethyl adjacent to an activating group) is 1. The fourth-order valence-corrected chi connectivity index (χ4v) is 3.11. The Labute approximate surface area is 136 Å². The predicted molar refractivity (Wildman–Crippen MR) is 88.1 cm³/mol. The normalized spacial score (nSPS) is 22.7. The fourth-order valence-electron chi connectivity index (χ4n) is 2.90. The number of nitrogens with zero attached hydrogens (tertiary/aromatic N) is 4. The van der Waals surface area contributed by atoms with E-state index in [0.717, 1.165) is 36.6 Å². The summed E-state index contributed by atoms with van der Waals surface area (Å²) in [4.78, 5) is 13.2. The maximum absolute atomic E-state index is 6.06. The number of halogens is 1. The Balaban J connectivity index is 1.43. The molecule has 1 fully saturated rings. The summed E-state index contributed by atoms with van der Waals surface area (Å²) < 4.78 is 5.96. The minimum atomic E-state index is 0.103. The molecule has 1 saturated heterocycles. The van der Waals surface area contributed by atoms with Gasteiger partial charge in [-0.2, -0.15) is 0 Å². The Bertz CT molecular complexity index is 613. The fraction of sp³-hybridized carbons (Fsp3) is 0.625. The summed E-state index contributed by atoms with van der Waals surface area (Å²) >= 11 is 6.06. The van der Waals surface area contributed by atoms with Crippen LogP contribution in [0.15, 0.2) is 6.33 Å². The van der Waals surface area contributed by atoms with Crippen LogP contribution in [0.2, 0.25) is 5.15 Å². The summed E-state index contributed by atoms with van der Waals surface area (Å²) in [5.41, 5.74) is 0. The lowest BCUT2D eigenvalue weighted by Crippen LogP contribution is -2.44. The molecule has 6 heteroatoms. The van der Waals surface area contributed by atoms with Crippen molar-refractivity contribution in [1.29, 1.82) is 0 Å². The van der Waals surface area contributed by atoms with Crippen LogP contribution in [0, 0.1) is 0 Å². The van der Waals surface area contributed by atoms with Crippen LogP contribution in [-0.2, 0) is 4.74 Å². The SMILES string of the molecule is CN1CCN(CCCOC2C=c3ncnc(Cl)c3=CC2)CC1. The van der Waals surface area contributed by atoms with Crippen molar-refractivity contribution >= 4 is 23.8 Å². The van der Waals surface area contributed by atoms with Gasteiger partial charge in [-0.3, -0.25) is 0 Å². The quantitative estimate of drug-likeness (QED) is 0.569. The van der Waals surface area contributed by atoms with Gasteiger partial charge in [-0.25, -0.2) is 9.97 Å². The van der Waals surface area contributed by atoms with Gasteiger partial charge in [0.25, 0.3) is 0 Å². The Morgan fingerprint density at radius 1 is 1.27 bits per heavy atom. The summed E-state index contributed by atoms with van der Waals surface area (Å²) in [6.07, 6.45) is 7.65. The maximum atomic E-state index is 6.06. The molecule has 0 bridgehead atoms. The molecular formula is C16H23ClN4O. The Kier molecular flexibility index (Phi) is 5.41. The number of ether oxygens (including phenoxy) is 1. The molecule has 120 valence electrons. The summed E-state index contributed by atoms with van der Waals surface area (Å²) in [6, 6.07) is 0. The summed E-state index contributed by atoms with van der Waals surface area (Å²) in [6.45, 7) is 6.59. The van der Waals surface area contributed by atoms with Crippen LogP contribution < -0.4 is 10.6 Å². The molecule has 1 aliphatic carbocycles. The van der Waals surface area contributed by atoms with Crippen LogP contribution in [0.5, 0.6) is 0 Å². The highest BCUT2D eigenvalue weighted by molar-refractivity contribution is 6.29.